The number of nitrogens with zero attached hydrogens (tertiary/aromatic N) is 2. The van der Waals surface area contributed by atoms with Crippen LogP contribution in [0, 0.1) is 0 Å². The Labute approximate surface area is 124 Å². The van der Waals surface area contributed by atoms with E-state index in [-0.39, 0.29) is 5.91 Å². The molecule has 5 nitrogen and oxygen atoms in total. The highest BCUT2D eigenvalue weighted by Crippen LogP contribution is 2.18. The van der Waals surface area contributed by atoms with E-state index in [0.29, 0.717) is 11.4 Å². The van der Waals surface area contributed by atoms with Crippen LogP contribution in [0.3, 0.4) is 0 Å². The topological polar surface area (TPSA) is 71.2 Å². The third-order valence-corrected chi connectivity index (χ3v) is 3.30. The number of aromatic nitrogens is 1. The van der Waals surface area contributed by atoms with Gasteiger partial charge in [0, 0.05) is 30.7 Å². The molecule has 0 saturated carbocycles. The molecule has 0 aliphatic carbocycles. The SMILES string of the molecule is CCN(CC)c1ccc(NC(=O)c2ccc(N)nc2)cc1. The number of hydrogen-bond acceptors (Lipinski definition) is 4. The molecule has 5 heteroatoms. The van der Waals surface area contributed by atoms with Crippen LogP contribution in [-0.4, -0.2) is 24.0 Å². The van der Waals surface area contributed by atoms with Crippen molar-refractivity contribution in [1.29, 1.82) is 0 Å². The zero-order valence-corrected chi connectivity index (χ0v) is 12.3. The predicted molar refractivity (Wildman–Crippen MR) is 86.6 cm³/mol. The van der Waals surface area contributed by atoms with E-state index in [1.54, 1.807) is 12.1 Å². The van der Waals surface area contributed by atoms with E-state index in [9.17, 15) is 4.79 Å². The van der Waals surface area contributed by atoms with Crippen molar-refractivity contribution in [2.45, 2.75) is 13.8 Å². The Morgan fingerprint density at radius 3 is 2.33 bits per heavy atom. The average Bonchev–Trinajstić information content (AvgIpc) is 2.51. The summed E-state index contributed by atoms with van der Waals surface area (Å²) >= 11 is 0. The lowest BCUT2D eigenvalue weighted by Gasteiger charge is -2.21. The van der Waals surface area contributed by atoms with Gasteiger partial charge >= 0.3 is 0 Å². The van der Waals surface area contributed by atoms with E-state index in [2.05, 4.69) is 29.0 Å². The van der Waals surface area contributed by atoms with Crippen LogP contribution in [0.25, 0.3) is 0 Å². The summed E-state index contributed by atoms with van der Waals surface area (Å²) in [6, 6.07) is 11.1. The van der Waals surface area contributed by atoms with Crippen LogP contribution in [0.5, 0.6) is 0 Å². The largest absolute Gasteiger partial charge is 0.384 e. The van der Waals surface area contributed by atoms with Crippen molar-refractivity contribution < 1.29 is 4.79 Å². The number of nitrogens with two attached hydrogens (primary N) is 1. The number of rotatable bonds is 5. The third kappa shape index (κ3) is 3.72. The van der Waals surface area contributed by atoms with E-state index in [1.807, 2.05) is 24.3 Å². The lowest BCUT2D eigenvalue weighted by atomic mass is 10.2. The summed E-state index contributed by atoms with van der Waals surface area (Å²) in [5.41, 5.74) is 7.89. The first-order chi connectivity index (χ1) is 10.1. The zero-order valence-electron chi connectivity index (χ0n) is 12.3. The number of anilines is 3. The fourth-order valence-electron chi connectivity index (χ4n) is 2.09. The molecule has 0 atom stereocenters. The smallest absolute Gasteiger partial charge is 0.257 e. The van der Waals surface area contributed by atoms with Gasteiger partial charge in [0.25, 0.3) is 5.91 Å². The first kappa shape index (κ1) is 14.8. The third-order valence-electron chi connectivity index (χ3n) is 3.30. The van der Waals surface area contributed by atoms with Gasteiger partial charge in [-0.1, -0.05) is 0 Å². The number of carbonyl (C=O) groups excluding carboxylic acids is 1. The number of hydrogen-bond donors (Lipinski definition) is 2. The van der Waals surface area contributed by atoms with Crippen molar-refractivity contribution in [3.63, 3.8) is 0 Å². The first-order valence-electron chi connectivity index (χ1n) is 7.02. The molecule has 1 aromatic carbocycles. The molecule has 0 saturated heterocycles. The Morgan fingerprint density at radius 1 is 1.14 bits per heavy atom. The second-order valence-electron chi connectivity index (χ2n) is 4.65. The van der Waals surface area contributed by atoms with Gasteiger partial charge in [-0.25, -0.2) is 4.98 Å². The molecule has 2 rings (SSSR count). The van der Waals surface area contributed by atoms with Crippen LogP contribution in [0.2, 0.25) is 0 Å². The van der Waals surface area contributed by atoms with Crippen molar-refractivity contribution in [2.75, 3.05) is 29.0 Å². The minimum atomic E-state index is -0.196. The van der Waals surface area contributed by atoms with Gasteiger partial charge < -0.3 is 16.0 Å². The molecule has 0 aliphatic rings. The molecule has 0 spiro atoms. The number of carbonyl (C=O) groups is 1. The van der Waals surface area contributed by atoms with Crippen molar-refractivity contribution in [3.8, 4) is 0 Å². The van der Waals surface area contributed by atoms with Crippen LogP contribution in [-0.2, 0) is 0 Å². The quantitative estimate of drug-likeness (QED) is 0.885. The number of pyridine rings is 1. The second-order valence-corrected chi connectivity index (χ2v) is 4.65. The summed E-state index contributed by atoms with van der Waals surface area (Å²) in [7, 11) is 0. The summed E-state index contributed by atoms with van der Waals surface area (Å²) in [5, 5.41) is 2.84. The second kappa shape index (κ2) is 6.74. The zero-order chi connectivity index (χ0) is 15.2. The maximum absolute atomic E-state index is 12.1. The molecule has 0 bridgehead atoms. The molecule has 2 aromatic rings. The molecule has 0 radical (unpaired) electrons. The van der Waals surface area contributed by atoms with Crippen molar-refractivity contribution in [2.24, 2.45) is 0 Å². The summed E-state index contributed by atoms with van der Waals surface area (Å²) in [6.45, 7) is 6.15. The highest BCUT2D eigenvalue weighted by Gasteiger charge is 2.07. The van der Waals surface area contributed by atoms with Gasteiger partial charge in [0.1, 0.15) is 5.82 Å². The van der Waals surface area contributed by atoms with E-state index in [4.69, 9.17) is 5.73 Å². The highest BCUT2D eigenvalue weighted by atomic mass is 16.1. The van der Waals surface area contributed by atoms with E-state index in [0.717, 1.165) is 24.5 Å². The van der Waals surface area contributed by atoms with Gasteiger partial charge in [-0.3, -0.25) is 4.79 Å². The molecule has 1 heterocycles. The fourth-order valence-corrected chi connectivity index (χ4v) is 2.09. The molecular weight excluding hydrogens is 264 g/mol. The Balaban J connectivity index is 2.06. The Morgan fingerprint density at radius 2 is 1.81 bits per heavy atom. The van der Waals surface area contributed by atoms with Crippen LogP contribution < -0.4 is 16.0 Å². The van der Waals surface area contributed by atoms with Gasteiger partial charge in [-0.05, 0) is 50.2 Å². The van der Waals surface area contributed by atoms with Gasteiger partial charge in [-0.15, -0.1) is 0 Å². The molecule has 110 valence electrons. The number of nitrogen functional groups attached to an aromatic ring is 1. The van der Waals surface area contributed by atoms with Crippen LogP contribution in [0.4, 0.5) is 17.2 Å². The number of amides is 1. The van der Waals surface area contributed by atoms with E-state index in [1.165, 1.54) is 6.20 Å². The van der Waals surface area contributed by atoms with Gasteiger partial charge in [0.05, 0.1) is 5.56 Å². The monoisotopic (exact) mass is 284 g/mol. The van der Waals surface area contributed by atoms with Crippen molar-refractivity contribution in [1.82, 2.24) is 4.98 Å². The van der Waals surface area contributed by atoms with Crippen LogP contribution in [0.15, 0.2) is 42.6 Å². The maximum Gasteiger partial charge on any atom is 0.257 e. The molecule has 1 aromatic heterocycles. The summed E-state index contributed by atoms with van der Waals surface area (Å²) in [5.74, 6) is 0.202. The lowest BCUT2D eigenvalue weighted by Crippen LogP contribution is -2.21. The summed E-state index contributed by atoms with van der Waals surface area (Å²) < 4.78 is 0. The Bertz CT molecular complexity index is 589. The molecule has 1 amide bonds. The van der Waals surface area contributed by atoms with Gasteiger partial charge in [-0.2, -0.15) is 0 Å². The molecule has 0 fully saturated rings. The van der Waals surface area contributed by atoms with Crippen LogP contribution in [0.1, 0.15) is 24.2 Å². The molecule has 0 aliphatic heterocycles. The minimum Gasteiger partial charge on any atom is -0.384 e. The normalized spacial score (nSPS) is 10.2. The molecule has 3 N–H and O–H groups in total. The average molecular weight is 284 g/mol. The van der Waals surface area contributed by atoms with Crippen LogP contribution >= 0.6 is 0 Å². The molecule has 0 unspecified atom stereocenters. The Hall–Kier alpha value is -2.56. The predicted octanol–water partition coefficient (Wildman–Crippen LogP) is 2.76. The summed E-state index contributed by atoms with van der Waals surface area (Å²) in [6.07, 6.45) is 1.47. The van der Waals surface area contributed by atoms with E-state index < -0.39 is 0 Å². The number of nitrogens with one attached hydrogen (secondary N) is 1. The number of benzene rings is 1. The van der Waals surface area contributed by atoms with Crippen molar-refractivity contribution >= 4 is 23.1 Å². The fraction of sp³-hybridized carbons (Fsp3) is 0.250. The summed E-state index contributed by atoms with van der Waals surface area (Å²) in [4.78, 5) is 18.2. The van der Waals surface area contributed by atoms with E-state index >= 15 is 0 Å². The maximum atomic E-state index is 12.1. The standard InChI is InChI=1S/C16H20N4O/c1-3-20(4-2)14-8-6-13(7-9-14)19-16(21)12-5-10-15(17)18-11-12/h5-11H,3-4H2,1-2H3,(H2,17,18)(H,19,21). The van der Waals surface area contributed by atoms with Gasteiger partial charge in [0.15, 0.2) is 0 Å². The van der Waals surface area contributed by atoms with Gasteiger partial charge in [0.2, 0.25) is 0 Å². The first-order valence-corrected chi connectivity index (χ1v) is 7.02. The molecule has 21 heavy (non-hydrogen) atoms. The Kier molecular flexibility index (Phi) is 4.77. The molecular formula is C16H20N4O. The minimum absolute atomic E-state index is 0.196. The lowest BCUT2D eigenvalue weighted by molar-refractivity contribution is 0.102. The van der Waals surface area contributed by atoms with Crippen molar-refractivity contribution in [3.05, 3.63) is 48.2 Å². The highest BCUT2D eigenvalue weighted by molar-refractivity contribution is 6.04.